The minimum absolute atomic E-state index is 0.264. The molecule has 0 radical (unpaired) electrons. The first-order valence-electron chi connectivity index (χ1n) is 7.08. The molecule has 0 saturated heterocycles. The van der Waals surface area contributed by atoms with Gasteiger partial charge in [-0.15, -0.1) is 0 Å². The van der Waals surface area contributed by atoms with Crippen molar-refractivity contribution in [2.24, 2.45) is 0 Å². The highest BCUT2D eigenvalue weighted by Gasteiger charge is 2.18. The summed E-state index contributed by atoms with van der Waals surface area (Å²) in [6.45, 7) is 0.962. The summed E-state index contributed by atoms with van der Waals surface area (Å²) in [6.07, 6.45) is 13.1. The number of pyridine rings is 1. The smallest absolute Gasteiger partial charge is 0.0807 e. The molecule has 0 saturated carbocycles. The first kappa shape index (κ1) is 12.4. The Morgan fingerprint density at radius 2 is 2.05 bits per heavy atom. The summed E-state index contributed by atoms with van der Waals surface area (Å²) in [6, 6.07) is 4.12. The Labute approximate surface area is 113 Å². The van der Waals surface area contributed by atoms with E-state index in [0.29, 0.717) is 0 Å². The van der Waals surface area contributed by atoms with Crippen molar-refractivity contribution < 1.29 is 5.11 Å². The zero-order chi connectivity index (χ0) is 13.1. The van der Waals surface area contributed by atoms with Crippen LogP contribution in [0.1, 0.15) is 42.1 Å². The van der Waals surface area contributed by atoms with E-state index in [1.807, 2.05) is 12.4 Å². The van der Waals surface area contributed by atoms with Crippen LogP contribution >= 0.6 is 0 Å². The summed E-state index contributed by atoms with van der Waals surface area (Å²) in [5.41, 5.74) is 3.78. The molecule has 1 aliphatic rings. The van der Waals surface area contributed by atoms with E-state index in [2.05, 4.69) is 34.1 Å². The van der Waals surface area contributed by atoms with Crippen LogP contribution < -0.4 is 0 Å². The molecule has 2 aromatic heterocycles. The van der Waals surface area contributed by atoms with Crippen molar-refractivity contribution in [3.63, 3.8) is 0 Å². The van der Waals surface area contributed by atoms with Crippen LogP contribution in [0.25, 0.3) is 0 Å². The average Bonchev–Trinajstić information content (AvgIpc) is 2.78. The Bertz CT molecular complexity index is 533. The minimum atomic E-state index is -0.264. The lowest BCUT2D eigenvalue weighted by Gasteiger charge is -2.06. The Morgan fingerprint density at radius 1 is 1.21 bits per heavy atom. The van der Waals surface area contributed by atoms with E-state index in [1.54, 1.807) is 0 Å². The fourth-order valence-electron chi connectivity index (χ4n) is 2.83. The Balaban J connectivity index is 1.71. The monoisotopic (exact) mass is 256 g/mol. The maximum atomic E-state index is 10.1. The van der Waals surface area contributed by atoms with Crippen molar-refractivity contribution in [2.75, 3.05) is 0 Å². The molecule has 0 amide bonds. The van der Waals surface area contributed by atoms with E-state index in [0.717, 1.165) is 37.8 Å². The van der Waals surface area contributed by atoms with Crippen molar-refractivity contribution in [1.29, 1.82) is 0 Å². The van der Waals surface area contributed by atoms with Crippen molar-refractivity contribution in [3.05, 3.63) is 53.6 Å². The molecule has 0 fully saturated rings. The first-order chi connectivity index (χ1) is 9.33. The summed E-state index contributed by atoms with van der Waals surface area (Å²) in [4.78, 5) is 4.03. The molecular formula is C16H20N2O. The molecule has 2 aromatic rings. The van der Waals surface area contributed by atoms with E-state index in [4.69, 9.17) is 0 Å². The molecule has 3 nitrogen and oxygen atoms in total. The number of aryl methyl sites for hydroxylation is 3. The molecule has 100 valence electrons. The third kappa shape index (κ3) is 2.87. The SMILES string of the molecule is OC1CCCCc2cn(CCc3ccncc3)cc21. The highest BCUT2D eigenvalue weighted by Crippen LogP contribution is 2.29. The third-order valence-corrected chi connectivity index (χ3v) is 3.94. The Hall–Kier alpha value is -1.61. The Kier molecular flexibility index (Phi) is 3.65. The number of fused-ring (bicyclic) bond motifs is 1. The zero-order valence-corrected chi connectivity index (χ0v) is 11.1. The van der Waals surface area contributed by atoms with Gasteiger partial charge in [0, 0.05) is 36.9 Å². The zero-order valence-electron chi connectivity index (χ0n) is 11.1. The lowest BCUT2D eigenvalue weighted by Crippen LogP contribution is -1.99. The fourth-order valence-corrected chi connectivity index (χ4v) is 2.83. The van der Waals surface area contributed by atoms with Gasteiger partial charge in [0.25, 0.3) is 0 Å². The first-order valence-corrected chi connectivity index (χ1v) is 7.08. The molecule has 1 unspecified atom stereocenters. The van der Waals surface area contributed by atoms with Gasteiger partial charge in [-0.3, -0.25) is 4.98 Å². The van der Waals surface area contributed by atoms with E-state index < -0.39 is 0 Å². The molecule has 2 heterocycles. The van der Waals surface area contributed by atoms with Crippen molar-refractivity contribution in [2.45, 2.75) is 44.8 Å². The molecule has 19 heavy (non-hydrogen) atoms. The topological polar surface area (TPSA) is 38.0 Å². The van der Waals surface area contributed by atoms with Gasteiger partial charge in [-0.1, -0.05) is 6.42 Å². The molecule has 0 aliphatic heterocycles. The van der Waals surface area contributed by atoms with Gasteiger partial charge in [0.1, 0.15) is 0 Å². The van der Waals surface area contributed by atoms with Crippen molar-refractivity contribution >= 4 is 0 Å². The number of aromatic nitrogens is 2. The molecule has 1 N–H and O–H groups in total. The van der Waals surface area contributed by atoms with Crippen LogP contribution in [0.5, 0.6) is 0 Å². The van der Waals surface area contributed by atoms with Crippen LogP contribution in [-0.4, -0.2) is 14.7 Å². The van der Waals surface area contributed by atoms with Gasteiger partial charge < -0.3 is 9.67 Å². The van der Waals surface area contributed by atoms with Gasteiger partial charge in [-0.05, 0) is 48.9 Å². The van der Waals surface area contributed by atoms with Crippen LogP contribution in [0, 0.1) is 0 Å². The minimum Gasteiger partial charge on any atom is -0.388 e. The number of aliphatic hydroxyl groups excluding tert-OH is 1. The van der Waals surface area contributed by atoms with Gasteiger partial charge in [-0.2, -0.15) is 0 Å². The molecule has 3 heteroatoms. The standard InChI is InChI=1S/C16H20N2O/c19-16-4-2-1-3-14-11-18(12-15(14)16)10-7-13-5-8-17-9-6-13/h5-6,8-9,11-12,16,19H,1-4,7,10H2. The van der Waals surface area contributed by atoms with Crippen LogP contribution in [0.3, 0.4) is 0 Å². The van der Waals surface area contributed by atoms with E-state index in [-0.39, 0.29) is 6.10 Å². The molecular weight excluding hydrogens is 236 g/mol. The molecule has 0 bridgehead atoms. The second-order valence-electron chi connectivity index (χ2n) is 5.34. The highest BCUT2D eigenvalue weighted by atomic mass is 16.3. The molecule has 1 atom stereocenters. The lowest BCUT2D eigenvalue weighted by atomic mass is 10.1. The maximum absolute atomic E-state index is 10.1. The second kappa shape index (κ2) is 5.57. The molecule has 0 aromatic carbocycles. The van der Waals surface area contributed by atoms with Crippen molar-refractivity contribution in [3.8, 4) is 0 Å². The number of hydrogen-bond acceptors (Lipinski definition) is 2. The number of aliphatic hydroxyl groups is 1. The maximum Gasteiger partial charge on any atom is 0.0807 e. The largest absolute Gasteiger partial charge is 0.388 e. The molecule has 1 aliphatic carbocycles. The van der Waals surface area contributed by atoms with Crippen LogP contribution in [-0.2, 0) is 19.4 Å². The Morgan fingerprint density at radius 3 is 2.89 bits per heavy atom. The van der Waals surface area contributed by atoms with Gasteiger partial charge in [0.15, 0.2) is 0 Å². The summed E-state index contributed by atoms with van der Waals surface area (Å²) < 4.78 is 2.22. The van der Waals surface area contributed by atoms with Crippen LogP contribution in [0.2, 0.25) is 0 Å². The number of nitrogens with zero attached hydrogens (tertiary/aromatic N) is 2. The van der Waals surface area contributed by atoms with Gasteiger partial charge >= 0.3 is 0 Å². The molecule has 3 rings (SSSR count). The van der Waals surface area contributed by atoms with Crippen LogP contribution in [0.15, 0.2) is 36.9 Å². The van der Waals surface area contributed by atoms with Crippen molar-refractivity contribution in [1.82, 2.24) is 9.55 Å². The second-order valence-corrected chi connectivity index (χ2v) is 5.34. The summed E-state index contributed by atoms with van der Waals surface area (Å²) in [7, 11) is 0. The van der Waals surface area contributed by atoms with Gasteiger partial charge in [0.05, 0.1) is 6.10 Å². The number of rotatable bonds is 3. The predicted octanol–water partition coefficient (Wildman–Crippen LogP) is 2.89. The van der Waals surface area contributed by atoms with Crippen LogP contribution in [0.4, 0.5) is 0 Å². The highest BCUT2D eigenvalue weighted by molar-refractivity contribution is 5.28. The summed E-state index contributed by atoms with van der Waals surface area (Å²) in [5, 5.41) is 10.1. The average molecular weight is 256 g/mol. The summed E-state index contributed by atoms with van der Waals surface area (Å²) in [5.74, 6) is 0. The third-order valence-electron chi connectivity index (χ3n) is 3.94. The van der Waals surface area contributed by atoms with Gasteiger partial charge in [-0.25, -0.2) is 0 Å². The number of hydrogen-bond donors (Lipinski definition) is 1. The van der Waals surface area contributed by atoms with E-state index in [1.165, 1.54) is 17.5 Å². The fraction of sp³-hybridized carbons (Fsp3) is 0.438. The molecule has 0 spiro atoms. The van der Waals surface area contributed by atoms with Gasteiger partial charge in [0.2, 0.25) is 0 Å². The predicted molar refractivity (Wildman–Crippen MR) is 74.9 cm³/mol. The van der Waals surface area contributed by atoms with E-state index in [9.17, 15) is 5.11 Å². The normalized spacial score (nSPS) is 18.9. The van der Waals surface area contributed by atoms with E-state index >= 15 is 0 Å². The quantitative estimate of drug-likeness (QED) is 0.857. The summed E-state index contributed by atoms with van der Waals surface area (Å²) >= 11 is 0. The lowest BCUT2D eigenvalue weighted by molar-refractivity contribution is 0.166.